The minimum absolute atomic E-state index is 0.314. The van der Waals surface area contributed by atoms with Crippen LogP contribution in [0.3, 0.4) is 0 Å². The van der Waals surface area contributed by atoms with E-state index in [1.165, 1.54) is 12.1 Å². The fourth-order valence-corrected chi connectivity index (χ4v) is 2.59. The molecule has 0 N–H and O–H groups in total. The molecule has 0 fully saturated rings. The van der Waals surface area contributed by atoms with E-state index in [0.717, 1.165) is 28.2 Å². The van der Waals surface area contributed by atoms with Gasteiger partial charge in [0.2, 0.25) is 0 Å². The van der Waals surface area contributed by atoms with Crippen LogP contribution in [0.4, 0.5) is 4.39 Å². The number of aryl methyl sites for hydroxylation is 1. The van der Waals surface area contributed by atoms with Gasteiger partial charge in [0.1, 0.15) is 11.6 Å². The monoisotopic (exact) mass is 346 g/mol. The second-order valence-electron chi connectivity index (χ2n) is 3.92. The lowest BCUT2D eigenvalue weighted by Gasteiger charge is -2.05. The highest BCUT2D eigenvalue weighted by Crippen LogP contribution is 2.23. The number of halogens is 2. The summed E-state index contributed by atoms with van der Waals surface area (Å²) in [5.74, 6) is 0.290. The summed E-state index contributed by atoms with van der Waals surface area (Å²) in [4.78, 5) is 11.7. The molecular weight excluding hydrogens is 334 g/mol. The molecule has 0 bridgehead atoms. The van der Waals surface area contributed by atoms with Crippen LogP contribution in [0, 0.1) is 9.39 Å². The standard InChI is InChI=1S/C13H12FIO2/c1-2-3-4-11-12(15)9-6-5-8(14)7-10(9)13(16)17-11/h5-7H,2-4H2,1H3. The van der Waals surface area contributed by atoms with Crippen molar-refractivity contribution in [2.24, 2.45) is 0 Å². The van der Waals surface area contributed by atoms with Gasteiger partial charge in [-0.05, 0) is 41.1 Å². The van der Waals surface area contributed by atoms with Gasteiger partial charge in [0.15, 0.2) is 0 Å². The Hall–Kier alpha value is -0.910. The molecule has 1 aromatic carbocycles. The zero-order valence-electron chi connectivity index (χ0n) is 9.43. The van der Waals surface area contributed by atoms with Crippen LogP contribution in [0.5, 0.6) is 0 Å². The third kappa shape index (κ3) is 2.51. The van der Waals surface area contributed by atoms with Gasteiger partial charge in [-0.15, -0.1) is 0 Å². The van der Waals surface area contributed by atoms with Crippen LogP contribution in [0.15, 0.2) is 27.4 Å². The minimum Gasteiger partial charge on any atom is -0.426 e. The lowest BCUT2D eigenvalue weighted by molar-refractivity contribution is 0.456. The summed E-state index contributed by atoms with van der Waals surface area (Å²) in [5, 5.41) is 1.09. The third-order valence-electron chi connectivity index (χ3n) is 2.66. The van der Waals surface area contributed by atoms with Gasteiger partial charge in [0, 0.05) is 11.8 Å². The van der Waals surface area contributed by atoms with Gasteiger partial charge >= 0.3 is 5.63 Å². The van der Waals surface area contributed by atoms with Crippen LogP contribution < -0.4 is 5.63 Å². The molecular formula is C13H12FIO2. The summed E-state index contributed by atoms with van der Waals surface area (Å²) in [6.45, 7) is 2.08. The quantitative estimate of drug-likeness (QED) is 0.790. The summed E-state index contributed by atoms with van der Waals surface area (Å²) in [6, 6.07) is 4.24. The van der Waals surface area contributed by atoms with Crippen LogP contribution in [-0.4, -0.2) is 0 Å². The SMILES string of the molecule is CCCCc1oc(=O)c2cc(F)ccc2c1I. The van der Waals surface area contributed by atoms with Crippen molar-refractivity contribution in [3.05, 3.63) is 43.8 Å². The number of unbranched alkanes of at least 4 members (excludes halogenated alkanes) is 1. The van der Waals surface area contributed by atoms with E-state index in [2.05, 4.69) is 29.5 Å². The van der Waals surface area contributed by atoms with Crippen molar-refractivity contribution in [2.75, 3.05) is 0 Å². The maximum Gasteiger partial charge on any atom is 0.343 e. The predicted molar refractivity (Wildman–Crippen MR) is 73.8 cm³/mol. The van der Waals surface area contributed by atoms with Crippen LogP contribution in [0.1, 0.15) is 25.5 Å². The second kappa shape index (κ2) is 5.16. The fraction of sp³-hybridized carbons (Fsp3) is 0.308. The predicted octanol–water partition coefficient (Wildman–Crippen LogP) is 3.88. The van der Waals surface area contributed by atoms with E-state index in [1.807, 2.05) is 0 Å². The van der Waals surface area contributed by atoms with E-state index in [-0.39, 0.29) is 0 Å². The summed E-state index contributed by atoms with van der Waals surface area (Å²) in [5.41, 5.74) is -0.453. The van der Waals surface area contributed by atoms with Gasteiger partial charge < -0.3 is 4.42 Å². The van der Waals surface area contributed by atoms with Crippen LogP contribution in [0.2, 0.25) is 0 Å². The molecule has 0 atom stereocenters. The summed E-state index contributed by atoms with van der Waals surface area (Å²) in [6.07, 6.45) is 2.77. The number of rotatable bonds is 3. The molecule has 90 valence electrons. The average Bonchev–Trinajstić information content (AvgIpc) is 2.32. The van der Waals surface area contributed by atoms with Crippen molar-refractivity contribution in [1.82, 2.24) is 0 Å². The van der Waals surface area contributed by atoms with Gasteiger partial charge in [0.05, 0.1) is 8.96 Å². The molecule has 0 aliphatic rings. The van der Waals surface area contributed by atoms with Gasteiger partial charge in [0.25, 0.3) is 0 Å². The first-order valence-corrected chi connectivity index (χ1v) is 6.62. The second-order valence-corrected chi connectivity index (χ2v) is 5.00. The van der Waals surface area contributed by atoms with Crippen LogP contribution >= 0.6 is 22.6 Å². The van der Waals surface area contributed by atoms with Crippen molar-refractivity contribution in [1.29, 1.82) is 0 Å². The van der Waals surface area contributed by atoms with E-state index >= 15 is 0 Å². The van der Waals surface area contributed by atoms with Crippen molar-refractivity contribution in [2.45, 2.75) is 26.2 Å². The molecule has 17 heavy (non-hydrogen) atoms. The lowest BCUT2D eigenvalue weighted by Crippen LogP contribution is -2.05. The Labute approximate surface area is 112 Å². The number of fused-ring (bicyclic) bond motifs is 1. The first-order chi connectivity index (χ1) is 8.13. The Bertz CT molecular complexity index is 604. The summed E-state index contributed by atoms with van der Waals surface area (Å²) >= 11 is 2.15. The van der Waals surface area contributed by atoms with E-state index in [1.54, 1.807) is 6.07 Å². The number of hydrogen-bond donors (Lipinski definition) is 0. The molecule has 2 nitrogen and oxygen atoms in total. The van der Waals surface area contributed by atoms with Crippen molar-refractivity contribution < 1.29 is 8.81 Å². The van der Waals surface area contributed by atoms with Gasteiger partial charge in [-0.1, -0.05) is 19.4 Å². The summed E-state index contributed by atoms with van der Waals surface area (Å²) < 4.78 is 19.2. The molecule has 0 spiro atoms. The topological polar surface area (TPSA) is 30.2 Å². The molecule has 4 heteroatoms. The molecule has 0 saturated carbocycles. The fourth-order valence-electron chi connectivity index (χ4n) is 1.74. The van der Waals surface area contributed by atoms with E-state index in [0.29, 0.717) is 11.1 Å². The molecule has 1 heterocycles. The van der Waals surface area contributed by atoms with Gasteiger partial charge in [-0.3, -0.25) is 0 Å². The van der Waals surface area contributed by atoms with Crippen molar-refractivity contribution in [3.63, 3.8) is 0 Å². The third-order valence-corrected chi connectivity index (χ3v) is 3.84. The molecule has 0 radical (unpaired) electrons. The maximum absolute atomic E-state index is 13.1. The van der Waals surface area contributed by atoms with Crippen molar-refractivity contribution >= 4 is 33.4 Å². The normalized spacial score (nSPS) is 11.0. The first kappa shape index (κ1) is 12.5. The van der Waals surface area contributed by atoms with E-state index in [9.17, 15) is 9.18 Å². The van der Waals surface area contributed by atoms with E-state index < -0.39 is 11.4 Å². The molecule has 0 aliphatic carbocycles. The average molecular weight is 346 g/mol. The number of hydrogen-bond acceptors (Lipinski definition) is 2. The molecule has 1 aromatic heterocycles. The van der Waals surface area contributed by atoms with Gasteiger partial charge in [-0.25, -0.2) is 9.18 Å². The maximum atomic E-state index is 13.1. The Kier molecular flexibility index (Phi) is 3.81. The Balaban J connectivity index is 2.64. The van der Waals surface area contributed by atoms with Crippen molar-refractivity contribution in [3.8, 4) is 0 Å². The smallest absolute Gasteiger partial charge is 0.343 e. The Morgan fingerprint density at radius 2 is 2.12 bits per heavy atom. The lowest BCUT2D eigenvalue weighted by atomic mass is 10.1. The zero-order chi connectivity index (χ0) is 12.4. The largest absolute Gasteiger partial charge is 0.426 e. The molecule has 2 rings (SSSR count). The molecule has 0 aliphatic heterocycles. The van der Waals surface area contributed by atoms with Crippen LogP contribution in [0.25, 0.3) is 10.8 Å². The molecule has 0 saturated heterocycles. The Morgan fingerprint density at radius 1 is 1.35 bits per heavy atom. The zero-order valence-corrected chi connectivity index (χ0v) is 11.6. The highest BCUT2D eigenvalue weighted by Gasteiger charge is 2.11. The molecule has 0 amide bonds. The summed E-state index contributed by atoms with van der Waals surface area (Å²) in [7, 11) is 0. The van der Waals surface area contributed by atoms with Gasteiger partial charge in [-0.2, -0.15) is 0 Å². The first-order valence-electron chi connectivity index (χ1n) is 5.54. The number of benzene rings is 1. The highest BCUT2D eigenvalue weighted by molar-refractivity contribution is 14.1. The Morgan fingerprint density at radius 3 is 2.82 bits per heavy atom. The minimum atomic E-state index is -0.453. The molecule has 0 unspecified atom stereocenters. The van der Waals surface area contributed by atoms with Crippen LogP contribution in [-0.2, 0) is 6.42 Å². The highest BCUT2D eigenvalue weighted by atomic mass is 127. The van der Waals surface area contributed by atoms with E-state index in [4.69, 9.17) is 4.42 Å². The molecule has 2 aromatic rings.